The Hall–Kier alpha value is -3.05. The predicted molar refractivity (Wildman–Crippen MR) is 129 cm³/mol. The van der Waals surface area contributed by atoms with Crippen LogP contribution in [0.1, 0.15) is 30.0 Å². The lowest BCUT2D eigenvalue weighted by atomic mass is 9.79. The molecule has 166 valence electrons. The van der Waals surface area contributed by atoms with Gasteiger partial charge >= 0.3 is 0 Å². The second-order valence-corrected chi connectivity index (χ2v) is 8.84. The molecule has 0 fully saturated rings. The zero-order valence-corrected chi connectivity index (χ0v) is 18.9. The number of nitrogens with one attached hydrogen (secondary N) is 2. The molecule has 2 aromatic carbocycles. The number of benzene rings is 2. The molecule has 0 spiro atoms. The summed E-state index contributed by atoms with van der Waals surface area (Å²) in [6, 6.07) is 15.0. The van der Waals surface area contributed by atoms with Crippen LogP contribution >= 0.6 is 0 Å². The molecular weight excluding hydrogens is 398 g/mol. The summed E-state index contributed by atoms with van der Waals surface area (Å²) in [5.41, 5.74) is 6.32. The van der Waals surface area contributed by atoms with Crippen LogP contribution < -0.4 is 10.1 Å². The van der Waals surface area contributed by atoms with Gasteiger partial charge in [-0.05, 0) is 53.7 Å². The monoisotopic (exact) mass is 429 g/mol. The largest absolute Gasteiger partial charge is 0.496 e. The van der Waals surface area contributed by atoms with E-state index in [-0.39, 0.29) is 17.9 Å². The van der Waals surface area contributed by atoms with Crippen molar-refractivity contribution in [2.24, 2.45) is 5.92 Å². The Kier molecular flexibility index (Phi) is 5.75. The Morgan fingerprint density at radius 1 is 1.22 bits per heavy atom. The summed E-state index contributed by atoms with van der Waals surface area (Å²) < 4.78 is 5.57. The highest BCUT2D eigenvalue weighted by Gasteiger charge is 2.37. The van der Waals surface area contributed by atoms with Crippen molar-refractivity contribution in [1.29, 1.82) is 0 Å². The number of hydrogen-bond donors (Lipinski definition) is 2. The van der Waals surface area contributed by atoms with Crippen LogP contribution in [-0.4, -0.2) is 48.6 Å². The molecule has 0 radical (unpaired) electrons. The normalized spacial score (nSPS) is 20.0. The molecule has 1 amide bonds. The van der Waals surface area contributed by atoms with Gasteiger partial charge in [0.2, 0.25) is 5.91 Å². The first-order chi connectivity index (χ1) is 15.7. The van der Waals surface area contributed by atoms with Crippen molar-refractivity contribution in [3.63, 3.8) is 0 Å². The van der Waals surface area contributed by atoms with Gasteiger partial charge < -0.3 is 15.0 Å². The Bertz CT molecular complexity index is 1160. The van der Waals surface area contributed by atoms with Crippen molar-refractivity contribution in [2.45, 2.75) is 32.2 Å². The van der Waals surface area contributed by atoms with Gasteiger partial charge in [-0.15, -0.1) is 0 Å². The van der Waals surface area contributed by atoms with Gasteiger partial charge in [0.25, 0.3) is 0 Å². The van der Waals surface area contributed by atoms with Crippen LogP contribution in [-0.2, 0) is 17.6 Å². The molecule has 0 saturated carbocycles. The van der Waals surface area contributed by atoms with Gasteiger partial charge in [0, 0.05) is 42.8 Å². The van der Waals surface area contributed by atoms with E-state index in [1.165, 1.54) is 33.2 Å². The fourth-order valence-corrected chi connectivity index (χ4v) is 5.29. The number of carbonyl (C=O) groups is 1. The first kappa shape index (κ1) is 20.8. The first-order valence-corrected chi connectivity index (χ1v) is 11.6. The average Bonchev–Trinajstić information content (AvgIpc) is 3.25. The predicted octanol–water partition coefficient (Wildman–Crippen LogP) is 4.19. The van der Waals surface area contributed by atoms with Gasteiger partial charge in [0.15, 0.2) is 0 Å². The number of nitrogens with zero attached hydrogens (tertiary/aromatic N) is 1. The Balaban J connectivity index is 1.48. The van der Waals surface area contributed by atoms with E-state index in [0.29, 0.717) is 0 Å². The summed E-state index contributed by atoms with van der Waals surface area (Å²) in [5, 5.41) is 4.43. The average molecular weight is 430 g/mol. The van der Waals surface area contributed by atoms with E-state index in [0.717, 1.165) is 44.6 Å². The second-order valence-electron chi connectivity index (χ2n) is 8.84. The molecule has 5 heteroatoms. The van der Waals surface area contributed by atoms with Crippen molar-refractivity contribution in [3.05, 3.63) is 71.4 Å². The van der Waals surface area contributed by atoms with E-state index >= 15 is 0 Å². The number of para-hydroxylation sites is 1. The number of rotatable bonds is 7. The molecule has 2 aliphatic rings. The first-order valence-electron chi connectivity index (χ1n) is 11.6. The quantitative estimate of drug-likeness (QED) is 0.592. The minimum atomic E-state index is -0.138. The molecule has 1 aromatic heterocycles. The minimum Gasteiger partial charge on any atom is -0.496 e. The van der Waals surface area contributed by atoms with Gasteiger partial charge in [-0.1, -0.05) is 43.3 Å². The van der Waals surface area contributed by atoms with Crippen molar-refractivity contribution >= 4 is 22.4 Å². The molecule has 0 saturated heterocycles. The van der Waals surface area contributed by atoms with Crippen LogP contribution in [0.4, 0.5) is 0 Å². The number of aromatic nitrogens is 1. The van der Waals surface area contributed by atoms with Gasteiger partial charge in [0.1, 0.15) is 5.75 Å². The second kappa shape index (κ2) is 8.83. The fraction of sp³-hybridized carbons (Fsp3) is 0.370. The lowest BCUT2D eigenvalue weighted by Gasteiger charge is -2.41. The zero-order chi connectivity index (χ0) is 22.1. The van der Waals surface area contributed by atoms with Crippen molar-refractivity contribution < 1.29 is 9.53 Å². The smallest absolute Gasteiger partial charge is 0.228 e. The minimum absolute atomic E-state index is 0.132. The summed E-state index contributed by atoms with van der Waals surface area (Å²) in [5.74, 6) is 0.923. The van der Waals surface area contributed by atoms with Crippen LogP contribution in [0.5, 0.6) is 5.75 Å². The molecule has 0 bridgehead atoms. The van der Waals surface area contributed by atoms with E-state index in [2.05, 4.69) is 64.7 Å². The maximum Gasteiger partial charge on any atom is 0.228 e. The number of ether oxygens (including phenoxy) is 1. The van der Waals surface area contributed by atoms with E-state index in [4.69, 9.17) is 4.74 Å². The van der Waals surface area contributed by atoms with Crippen LogP contribution in [0.15, 0.2) is 54.7 Å². The van der Waals surface area contributed by atoms with Gasteiger partial charge in [-0.2, -0.15) is 0 Å². The molecule has 3 aromatic rings. The van der Waals surface area contributed by atoms with Crippen LogP contribution in [0, 0.1) is 5.92 Å². The molecule has 5 rings (SSSR count). The number of amides is 1. The van der Waals surface area contributed by atoms with Crippen LogP contribution in [0.25, 0.3) is 16.5 Å². The number of carbonyl (C=O) groups excluding carboxylic acids is 1. The Morgan fingerprint density at radius 3 is 2.94 bits per heavy atom. The lowest BCUT2D eigenvalue weighted by molar-refractivity contribution is -0.124. The van der Waals surface area contributed by atoms with Crippen molar-refractivity contribution in [3.8, 4) is 5.75 Å². The van der Waals surface area contributed by atoms with Crippen LogP contribution in [0.3, 0.4) is 0 Å². The SMILES string of the molecule is CCCNC(=O)C1C=C2c3cccc4[nH]cc(c34)CC2N(CCc2ccccc2OC)C1. The molecule has 2 atom stereocenters. The molecule has 5 nitrogen and oxygen atoms in total. The maximum absolute atomic E-state index is 13.0. The number of fused-ring (bicyclic) bond motifs is 2. The summed E-state index contributed by atoms with van der Waals surface area (Å²) in [6.45, 7) is 4.44. The highest BCUT2D eigenvalue weighted by molar-refractivity contribution is 5.99. The third-order valence-electron chi connectivity index (χ3n) is 6.87. The number of aromatic amines is 1. The van der Waals surface area contributed by atoms with Crippen molar-refractivity contribution in [1.82, 2.24) is 15.2 Å². The van der Waals surface area contributed by atoms with E-state index in [1.807, 2.05) is 12.1 Å². The summed E-state index contributed by atoms with van der Waals surface area (Å²) in [7, 11) is 1.73. The molecule has 1 aliphatic carbocycles. The molecule has 2 N–H and O–H groups in total. The lowest BCUT2D eigenvalue weighted by Crippen LogP contribution is -2.49. The molecule has 2 heterocycles. The third-order valence-corrected chi connectivity index (χ3v) is 6.87. The third kappa shape index (κ3) is 3.71. The number of hydrogen-bond acceptors (Lipinski definition) is 3. The Labute approximate surface area is 189 Å². The highest BCUT2D eigenvalue weighted by Crippen LogP contribution is 2.41. The summed E-state index contributed by atoms with van der Waals surface area (Å²) in [6.07, 6.45) is 7.20. The van der Waals surface area contributed by atoms with Gasteiger partial charge in [0.05, 0.1) is 13.0 Å². The highest BCUT2D eigenvalue weighted by atomic mass is 16.5. The molecule has 1 aliphatic heterocycles. The molecule has 32 heavy (non-hydrogen) atoms. The van der Waals surface area contributed by atoms with E-state index in [9.17, 15) is 4.79 Å². The maximum atomic E-state index is 13.0. The van der Waals surface area contributed by atoms with Crippen molar-refractivity contribution in [2.75, 3.05) is 26.7 Å². The fourth-order valence-electron chi connectivity index (χ4n) is 5.29. The molecule has 2 unspecified atom stereocenters. The standard InChI is InChI=1S/C27H31N3O2/c1-3-12-28-27(31)20-14-22-21-8-6-9-23-26(21)19(16-29-23)15-24(22)30(17-20)13-11-18-7-4-5-10-25(18)32-2/h4-10,14,16,20,24,29H,3,11-13,15,17H2,1-2H3,(H,28,31). The Morgan fingerprint density at radius 2 is 2.09 bits per heavy atom. The summed E-state index contributed by atoms with van der Waals surface area (Å²) >= 11 is 0. The van der Waals surface area contributed by atoms with E-state index in [1.54, 1.807) is 7.11 Å². The van der Waals surface area contributed by atoms with Crippen LogP contribution in [0.2, 0.25) is 0 Å². The van der Waals surface area contributed by atoms with E-state index < -0.39 is 0 Å². The zero-order valence-electron chi connectivity index (χ0n) is 18.9. The van der Waals surface area contributed by atoms with Gasteiger partial charge in [-0.25, -0.2) is 0 Å². The topological polar surface area (TPSA) is 57.4 Å². The number of methoxy groups -OCH3 is 1. The summed E-state index contributed by atoms with van der Waals surface area (Å²) in [4.78, 5) is 18.9. The van der Waals surface area contributed by atoms with Gasteiger partial charge in [-0.3, -0.25) is 9.69 Å². The molecular formula is C27H31N3O2. The number of H-pyrrole nitrogens is 1.